The highest BCUT2D eigenvalue weighted by atomic mass is 16.7. The Morgan fingerprint density at radius 2 is 1.89 bits per heavy atom. The van der Waals surface area contributed by atoms with E-state index in [1.54, 1.807) is 6.07 Å². The Labute approximate surface area is 105 Å². The maximum Gasteiger partial charge on any atom is 0.233 e. The molecule has 0 atom stereocenters. The monoisotopic (exact) mass is 239 g/mol. The Morgan fingerprint density at radius 1 is 1.06 bits per heavy atom. The highest BCUT2D eigenvalue weighted by molar-refractivity contribution is 5.77. The van der Waals surface area contributed by atoms with Gasteiger partial charge in [0.25, 0.3) is 0 Å². The van der Waals surface area contributed by atoms with Crippen molar-refractivity contribution in [2.45, 2.75) is 6.42 Å². The van der Waals surface area contributed by atoms with Crippen LogP contribution in [-0.4, -0.2) is 13.1 Å². The van der Waals surface area contributed by atoms with E-state index < -0.39 is 0 Å². The van der Waals surface area contributed by atoms with E-state index in [0.717, 1.165) is 22.6 Å². The fraction of sp³-hybridized carbons (Fsp3) is 0.133. The van der Waals surface area contributed by atoms with Gasteiger partial charge in [-0.2, -0.15) is 0 Å². The maximum atomic E-state index is 10.8. The average Bonchev–Trinajstić information content (AvgIpc) is 2.87. The van der Waals surface area contributed by atoms with E-state index >= 15 is 0 Å². The highest BCUT2D eigenvalue weighted by Crippen LogP contribution is 2.33. The van der Waals surface area contributed by atoms with Gasteiger partial charge in [0.1, 0.15) is 0 Å². The van der Waals surface area contributed by atoms with Crippen LogP contribution in [0.1, 0.15) is 16.7 Å². The first-order valence-corrected chi connectivity index (χ1v) is 5.71. The summed E-state index contributed by atoms with van der Waals surface area (Å²) in [5, 5.41) is 0. The lowest BCUT2D eigenvalue weighted by atomic mass is 10.0. The van der Waals surface area contributed by atoms with E-state index in [0.29, 0.717) is 12.0 Å². The number of rotatable bonds is 3. The van der Waals surface area contributed by atoms with Crippen LogP contribution < -0.4 is 9.47 Å². The van der Waals surface area contributed by atoms with Gasteiger partial charge in [-0.05, 0) is 29.7 Å². The quantitative estimate of drug-likeness (QED) is 0.825. The van der Waals surface area contributed by atoms with Crippen LogP contribution in [0.5, 0.6) is 11.5 Å². The molecule has 1 heterocycles. The first kappa shape index (κ1) is 10.8. The molecule has 0 unspecified atom stereocenters. The zero-order valence-electron chi connectivity index (χ0n) is 9.68. The Morgan fingerprint density at radius 3 is 2.78 bits per heavy atom. The molecule has 0 aromatic heterocycles. The second kappa shape index (κ2) is 4.53. The summed E-state index contributed by atoms with van der Waals surface area (Å²) in [4.78, 5) is 10.8. The minimum Gasteiger partial charge on any atom is -0.454 e. The van der Waals surface area contributed by atoms with Gasteiger partial charge < -0.3 is 9.47 Å². The normalized spacial score (nSPS) is 12.4. The van der Waals surface area contributed by atoms with E-state index in [1.807, 2.05) is 42.7 Å². The standard InChI is InChI=1S/C15H11O3/c16-9-13-4-2-1-3-12(13)7-11-5-6-14-15(8-11)18-10-17-14/h1-6,8H,7,10H2. The van der Waals surface area contributed by atoms with Crippen LogP contribution in [0.3, 0.4) is 0 Å². The molecular formula is C15H11O3. The smallest absolute Gasteiger partial charge is 0.233 e. The molecule has 0 spiro atoms. The summed E-state index contributed by atoms with van der Waals surface area (Å²) in [7, 11) is 0. The molecule has 0 N–H and O–H groups in total. The minimum absolute atomic E-state index is 0.275. The molecular weight excluding hydrogens is 228 g/mol. The van der Waals surface area contributed by atoms with Crippen LogP contribution in [0.15, 0.2) is 42.5 Å². The van der Waals surface area contributed by atoms with Crippen LogP contribution in [0.2, 0.25) is 0 Å². The third-order valence-corrected chi connectivity index (χ3v) is 2.96. The molecule has 0 saturated carbocycles. The Kier molecular flexibility index (Phi) is 2.73. The minimum atomic E-state index is 0.275. The van der Waals surface area contributed by atoms with Gasteiger partial charge in [0, 0.05) is 5.56 Å². The van der Waals surface area contributed by atoms with E-state index in [-0.39, 0.29) is 6.79 Å². The summed E-state index contributed by atoms with van der Waals surface area (Å²) >= 11 is 0. The van der Waals surface area contributed by atoms with Crippen molar-refractivity contribution in [3.8, 4) is 11.5 Å². The number of carbonyl (C=O) groups excluding carboxylic acids is 1. The van der Waals surface area contributed by atoms with Gasteiger partial charge in [-0.25, -0.2) is 0 Å². The molecule has 3 rings (SSSR count). The van der Waals surface area contributed by atoms with E-state index in [1.165, 1.54) is 0 Å². The molecule has 0 aliphatic carbocycles. The lowest BCUT2D eigenvalue weighted by Gasteiger charge is -2.05. The van der Waals surface area contributed by atoms with Crippen LogP contribution >= 0.6 is 0 Å². The number of hydrogen-bond donors (Lipinski definition) is 0. The Balaban J connectivity index is 1.90. The summed E-state index contributed by atoms with van der Waals surface area (Å²) in [6.45, 7) is 0.275. The Bertz CT molecular complexity index is 590. The molecule has 2 aromatic carbocycles. The summed E-state index contributed by atoms with van der Waals surface area (Å²) in [6, 6.07) is 13.3. The van der Waals surface area contributed by atoms with Crippen molar-refractivity contribution in [1.82, 2.24) is 0 Å². The summed E-state index contributed by atoms with van der Waals surface area (Å²) < 4.78 is 10.6. The maximum absolute atomic E-state index is 10.8. The molecule has 1 radical (unpaired) electrons. The predicted octanol–water partition coefficient (Wildman–Crippen LogP) is 2.46. The van der Waals surface area contributed by atoms with Gasteiger partial charge in [-0.15, -0.1) is 0 Å². The SMILES string of the molecule is O=[C]c1ccccc1Cc1ccc2c(c1)OCO2. The lowest BCUT2D eigenvalue weighted by molar-refractivity contribution is 0.174. The highest BCUT2D eigenvalue weighted by Gasteiger charge is 2.13. The van der Waals surface area contributed by atoms with Crippen LogP contribution in [-0.2, 0) is 11.2 Å². The summed E-state index contributed by atoms with van der Waals surface area (Å²) in [6.07, 6.45) is 2.64. The molecule has 3 heteroatoms. The second-order valence-electron chi connectivity index (χ2n) is 4.12. The Hall–Kier alpha value is -2.29. The second-order valence-corrected chi connectivity index (χ2v) is 4.12. The van der Waals surface area contributed by atoms with Crippen LogP contribution in [0, 0.1) is 0 Å². The van der Waals surface area contributed by atoms with Crippen molar-refractivity contribution in [2.24, 2.45) is 0 Å². The first-order valence-electron chi connectivity index (χ1n) is 5.71. The molecule has 1 aliphatic heterocycles. The van der Waals surface area contributed by atoms with Gasteiger partial charge >= 0.3 is 0 Å². The fourth-order valence-corrected chi connectivity index (χ4v) is 2.04. The third-order valence-electron chi connectivity index (χ3n) is 2.96. The van der Waals surface area contributed by atoms with Crippen molar-refractivity contribution < 1.29 is 14.3 Å². The molecule has 18 heavy (non-hydrogen) atoms. The van der Waals surface area contributed by atoms with Gasteiger partial charge in [0.05, 0.1) is 0 Å². The number of ether oxygens (including phenoxy) is 2. The molecule has 1 aliphatic rings. The van der Waals surface area contributed by atoms with Crippen molar-refractivity contribution in [3.63, 3.8) is 0 Å². The van der Waals surface area contributed by atoms with E-state index in [9.17, 15) is 4.79 Å². The molecule has 0 saturated heterocycles. The number of fused-ring (bicyclic) bond motifs is 1. The zero-order valence-corrected chi connectivity index (χ0v) is 9.68. The van der Waals surface area contributed by atoms with Gasteiger partial charge in [0.15, 0.2) is 11.5 Å². The lowest BCUT2D eigenvalue weighted by Crippen LogP contribution is -1.94. The first-order chi connectivity index (χ1) is 8.86. The van der Waals surface area contributed by atoms with Crippen molar-refractivity contribution in [1.29, 1.82) is 0 Å². The summed E-state index contributed by atoms with van der Waals surface area (Å²) in [5.41, 5.74) is 2.66. The van der Waals surface area contributed by atoms with Crippen molar-refractivity contribution in [3.05, 3.63) is 59.2 Å². The number of benzene rings is 2. The largest absolute Gasteiger partial charge is 0.454 e. The van der Waals surface area contributed by atoms with Crippen molar-refractivity contribution >= 4 is 6.29 Å². The van der Waals surface area contributed by atoms with Gasteiger partial charge in [-0.3, -0.25) is 4.79 Å². The average molecular weight is 239 g/mol. The van der Waals surface area contributed by atoms with Gasteiger partial charge in [0.2, 0.25) is 13.1 Å². The molecule has 0 fully saturated rings. The third kappa shape index (κ3) is 1.95. The van der Waals surface area contributed by atoms with Crippen LogP contribution in [0.4, 0.5) is 0 Å². The topological polar surface area (TPSA) is 35.5 Å². The predicted molar refractivity (Wildman–Crippen MR) is 66.6 cm³/mol. The zero-order chi connectivity index (χ0) is 12.4. The van der Waals surface area contributed by atoms with E-state index in [4.69, 9.17) is 9.47 Å². The number of hydrogen-bond acceptors (Lipinski definition) is 3. The van der Waals surface area contributed by atoms with E-state index in [2.05, 4.69) is 0 Å². The fourth-order valence-electron chi connectivity index (χ4n) is 2.04. The molecule has 89 valence electrons. The molecule has 3 nitrogen and oxygen atoms in total. The van der Waals surface area contributed by atoms with Crippen molar-refractivity contribution in [2.75, 3.05) is 6.79 Å². The molecule has 0 bridgehead atoms. The van der Waals surface area contributed by atoms with Gasteiger partial charge in [-0.1, -0.05) is 30.3 Å². The van der Waals surface area contributed by atoms with Crippen LogP contribution in [0.25, 0.3) is 0 Å². The summed E-state index contributed by atoms with van der Waals surface area (Å²) in [5.74, 6) is 1.54. The molecule has 0 amide bonds. The molecule has 2 aromatic rings.